The van der Waals surface area contributed by atoms with Gasteiger partial charge in [-0.15, -0.1) is 22.7 Å². The molecule has 108 valence electrons. The van der Waals surface area contributed by atoms with Crippen molar-refractivity contribution in [3.63, 3.8) is 0 Å². The van der Waals surface area contributed by atoms with Crippen LogP contribution in [0.3, 0.4) is 0 Å². The van der Waals surface area contributed by atoms with E-state index < -0.39 is 5.63 Å². The zero-order valence-electron chi connectivity index (χ0n) is 11.0. The summed E-state index contributed by atoms with van der Waals surface area (Å²) in [5, 5.41) is 15.3. The molecule has 3 heterocycles. The number of nitrogens with zero attached hydrogens (tertiary/aromatic N) is 2. The Labute approximate surface area is 132 Å². The van der Waals surface area contributed by atoms with Crippen molar-refractivity contribution >= 4 is 33.6 Å². The van der Waals surface area contributed by atoms with Gasteiger partial charge in [-0.25, -0.2) is 14.8 Å². The molecule has 3 aromatic heterocycles. The predicted octanol–water partition coefficient (Wildman–Crippen LogP) is 3.75. The van der Waals surface area contributed by atoms with Crippen LogP contribution in [0.5, 0.6) is 5.75 Å². The van der Waals surface area contributed by atoms with Crippen molar-refractivity contribution in [1.82, 2.24) is 9.97 Å². The Balaban J connectivity index is 2.19. The van der Waals surface area contributed by atoms with E-state index in [4.69, 9.17) is 4.42 Å². The van der Waals surface area contributed by atoms with Gasteiger partial charge in [0.05, 0.1) is 0 Å². The molecule has 0 aliphatic rings. The van der Waals surface area contributed by atoms with Gasteiger partial charge in [0.2, 0.25) is 0 Å². The fraction of sp³-hybridized carbons (Fsp3) is 0. The predicted molar refractivity (Wildman–Crippen MR) is 86.4 cm³/mol. The van der Waals surface area contributed by atoms with Crippen molar-refractivity contribution in [2.24, 2.45) is 0 Å². The van der Waals surface area contributed by atoms with E-state index in [-0.39, 0.29) is 5.75 Å². The molecule has 0 amide bonds. The molecule has 0 saturated carbocycles. The molecule has 0 spiro atoms. The van der Waals surface area contributed by atoms with Crippen molar-refractivity contribution in [1.29, 1.82) is 0 Å². The Morgan fingerprint density at radius 1 is 1.00 bits per heavy atom. The van der Waals surface area contributed by atoms with Crippen LogP contribution < -0.4 is 5.63 Å². The van der Waals surface area contributed by atoms with E-state index in [0.29, 0.717) is 26.7 Å². The van der Waals surface area contributed by atoms with Crippen LogP contribution in [0, 0.1) is 0 Å². The van der Waals surface area contributed by atoms with Crippen LogP contribution in [-0.2, 0) is 0 Å². The molecular formula is C15H8N2O3S2. The number of phenols is 1. The number of phenolic OH excluding ortho intramolecular Hbond substituents is 1. The third kappa shape index (κ3) is 2.02. The average molecular weight is 328 g/mol. The summed E-state index contributed by atoms with van der Waals surface area (Å²) in [6.07, 6.45) is 3.33. The number of thiazole rings is 2. The molecule has 0 atom stereocenters. The van der Waals surface area contributed by atoms with Gasteiger partial charge in [0.15, 0.2) is 0 Å². The molecule has 1 aromatic carbocycles. The molecule has 4 aromatic rings. The van der Waals surface area contributed by atoms with E-state index in [0.717, 1.165) is 5.39 Å². The maximum absolute atomic E-state index is 12.5. The summed E-state index contributed by atoms with van der Waals surface area (Å²) in [5.74, 6) is 0.0442. The fourth-order valence-electron chi connectivity index (χ4n) is 2.30. The molecule has 0 aliphatic carbocycles. The second-order valence-corrected chi connectivity index (χ2v) is 6.28. The van der Waals surface area contributed by atoms with E-state index in [1.807, 2.05) is 5.38 Å². The number of aromatic hydroxyl groups is 1. The SMILES string of the molecule is O=c1oc2cc(O)ccc2c(-c2nccs2)c1-c1nccs1. The molecular weight excluding hydrogens is 320 g/mol. The topological polar surface area (TPSA) is 76.2 Å². The summed E-state index contributed by atoms with van der Waals surface area (Å²) >= 11 is 2.81. The van der Waals surface area contributed by atoms with Gasteiger partial charge in [-0.3, -0.25) is 0 Å². The third-order valence-corrected chi connectivity index (χ3v) is 4.76. The Hall–Kier alpha value is -2.51. The molecule has 7 heteroatoms. The molecule has 22 heavy (non-hydrogen) atoms. The van der Waals surface area contributed by atoms with Crippen molar-refractivity contribution in [2.75, 3.05) is 0 Å². The van der Waals surface area contributed by atoms with Gasteiger partial charge >= 0.3 is 5.63 Å². The van der Waals surface area contributed by atoms with Crippen molar-refractivity contribution in [3.05, 3.63) is 51.8 Å². The van der Waals surface area contributed by atoms with Crippen LogP contribution in [0.15, 0.2) is 50.6 Å². The lowest BCUT2D eigenvalue weighted by Crippen LogP contribution is -2.05. The largest absolute Gasteiger partial charge is 0.508 e. The highest BCUT2D eigenvalue weighted by Crippen LogP contribution is 2.38. The van der Waals surface area contributed by atoms with Gasteiger partial charge in [-0.2, -0.15) is 0 Å². The Bertz CT molecular complexity index is 1010. The van der Waals surface area contributed by atoms with Crippen LogP contribution in [0.4, 0.5) is 0 Å². The second-order valence-electron chi connectivity index (χ2n) is 4.49. The molecule has 0 fully saturated rings. The van der Waals surface area contributed by atoms with Crippen molar-refractivity contribution in [2.45, 2.75) is 0 Å². The van der Waals surface area contributed by atoms with Crippen LogP contribution in [0.25, 0.3) is 32.1 Å². The number of rotatable bonds is 2. The van der Waals surface area contributed by atoms with Crippen LogP contribution in [0.1, 0.15) is 0 Å². The lowest BCUT2D eigenvalue weighted by atomic mass is 10.1. The van der Waals surface area contributed by atoms with Gasteiger partial charge in [-0.1, -0.05) is 0 Å². The minimum absolute atomic E-state index is 0.0442. The first kappa shape index (κ1) is 13.2. The summed E-state index contributed by atoms with van der Waals surface area (Å²) in [4.78, 5) is 21.0. The Morgan fingerprint density at radius 3 is 2.32 bits per heavy atom. The van der Waals surface area contributed by atoms with Crippen LogP contribution >= 0.6 is 22.7 Å². The molecule has 5 nitrogen and oxygen atoms in total. The number of aromatic nitrogens is 2. The third-order valence-electron chi connectivity index (χ3n) is 3.18. The number of benzene rings is 1. The number of hydrogen-bond donors (Lipinski definition) is 1. The molecule has 0 bridgehead atoms. The molecule has 4 rings (SSSR count). The minimum atomic E-state index is -0.488. The monoisotopic (exact) mass is 328 g/mol. The standard InChI is InChI=1S/C15H8N2O3S2/c18-8-1-2-9-10(7-8)20-15(19)12(14-17-4-6-22-14)11(9)13-16-3-5-21-13/h1-7,18H. The molecule has 0 radical (unpaired) electrons. The zero-order chi connectivity index (χ0) is 15.1. The smallest absolute Gasteiger partial charge is 0.347 e. The van der Waals surface area contributed by atoms with Gasteiger partial charge in [0, 0.05) is 40.2 Å². The van der Waals surface area contributed by atoms with Gasteiger partial charge in [0.25, 0.3) is 0 Å². The lowest BCUT2D eigenvalue weighted by Gasteiger charge is -2.08. The van der Waals surface area contributed by atoms with Gasteiger partial charge in [-0.05, 0) is 12.1 Å². The van der Waals surface area contributed by atoms with Crippen LogP contribution in [-0.4, -0.2) is 15.1 Å². The maximum atomic E-state index is 12.5. The lowest BCUT2D eigenvalue weighted by molar-refractivity contribution is 0.473. The van der Waals surface area contributed by atoms with E-state index >= 15 is 0 Å². The summed E-state index contributed by atoms with van der Waals surface area (Å²) in [7, 11) is 0. The first-order chi connectivity index (χ1) is 10.7. The summed E-state index contributed by atoms with van der Waals surface area (Å²) < 4.78 is 5.36. The molecule has 1 N–H and O–H groups in total. The number of fused-ring (bicyclic) bond motifs is 1. The Morgan fingerprint density at radius 2 is 1.68 bits per heavy atom. The summed E-state index contributed by atoms with van der Waals surface area (Å²) in [6.45, 7) is 0. The van der Waals surface area contributed by atoms with Crippen molar-refractivity contribution < 1.29 is 9.52 Å². The van der Waals surface area contributed by atoms with Crippen molar-refractivity contribution in [3.8, 4) is 26.9 Å². The van der Waals surface area contributed by atoms with Gasteiger partial charge in [0.1, 0.15) is 26.9 Å². The highest BCUT2D eigenvalue weighted by molar-refractivity contribution is 7.14. The summed E-state index contributed by atoms with van der Waals surface area (Å²) in [6, 6.07) is 4.71. The van der Waals surface area contributed by atoms with E-state index in [2.05, 4.69) is 9.97 Å². The first-order valence-corrected chi connectivity index (χ1v) is 8.09. The van der Waals surface area contributed by atoms with E-state index in [1.165, 1.54) is 28.7 Å². The van der Waals surface area contributed by atoms with E-state index in [9.17, 15) is 9.90 Å². The van der Waals surface area contributed by atoms with E-state index in [1.54, 1.807) is 29.9 Å². The molecule has 0 aliphatic heterocycles. The maximum Gasteiger partial charge on any atom is 0.347 e. The first-order valence-electron chi connectivity index (χ1n) is 6.33. The minimum Gasteiger partial charge on any atom is -0.508 e. The second kappa shape index (κ2) is 5.04. The highest BCUT2D eigenvalue weighted by Gasteiger charge is 2.21. The zero-order valence-corrected chi connectivity index (χ0v) is 12.6. The highest BCUT2D eigenvalue weighted by atomic mass is 32.1. The molecule has 0 unspecified atom stereocenters. The Kier molecular flexibility index (Phi) is 3.02. The number of hydrogen-bond acceptors (Lipinski definition) is 7. The normalized spacial score (nSPS) is 11.1. The van der Waals surface area contributed by atoms with Gasteiger partial charge < -0.3 is 9.52 Å². The molecule has 0 saturated heterocycles. The fourth-order valence-corrected chi connectivity index (χ4v) is 3.68. The van der Waals surface area contributed by atoms with Crippen LogP contribution in [0.2, 0.25) is 0 Å². The summed E-state index contributed by atoms with van der Waals surface area (Å²) in [5.41, 5.74) is 0.938. The quantitative estimate of drug-likeness (QED) is 0.567. The average Bonchev–Trinajstić information content (AvgIpc) is 3.19.